The van der Waals surface area contributed by atoms with E-state index in [4.69, 9.17) is 14.4 Å². The van der Waals surface area contributed by atoms with E-state index in [9.17, 15) is 0 Å². The minimum absolute atomic E-state index is 0.674. The van der Waals surface area contributed by atoms with Crippen molar-refractivity contribution in [3.8, 4) is 78.4 Å². The first-order chi connectivity index (χ1) is 27.2. The Morgan fingerprint density at radius 1 is 0.291 bits per heavy atom. The number of fused-ring (bicyclic) bond motifs is 3. The number of hydrogen-bond donors (Lipinski definition) is 0. The molecule has 10 aromatic rings. The van der Waals surface area contributed by atoms with Gasteiger partial charge in [0.2, 0.25) is 0 Å². The van der Waals surface area contributed by atoms with E-state index in [2.05, 4.69) is 182 Å². The van der Waals surface area contributed by atoms with E-state index in [1.54, 1.807) is 0 Å². The summed E-state index contributed by atoms with van der Waals surface area (Å²) >= 11 is 0. The fourth-order valence-electron chi connectivity index (χ4n) is 7.50. The van der Waals surface area contributed by atoms with Crippen LogP contribution in [-0.4, -0.2) is 9.97 Å². The summed E-state index contributed by atoms with van der Waals surface area (Å²) in [6, 6.07) is 72.2. The molecule has 3 heteroatoms. The van der Waals surface area contributed by atoms with Crippen molar-refractivity contribution in [2.45, 2.75) is 0 Å². The molecule has 2 aromatic heterocycles. The van der Waals surface area contributed by atoms with Gasteiger partial charge in [-0.2, -0.15) is 0 Å². The summed E-state index contributed by atoms with van der Waals surface area (Å²) in [6.45, 7) is 0. The third kappa shape index (κ3) is 6.28. The molecule has 0 aliphatic heterocycles. The number of furan rings is 1. The molecule has 0 aliphatic carbocycles. The third-order valence-corrected chi connectivity index (χ3v) is 10.3. The first-order valence-corrected chi connectivity index (χ1v) is 18.6. The van der Waals surface area contributed by atoms with E-state index in [0.29, 0.717) is 5.82 Å². The first kappa shape index (κ1) is 32.3. The van der Waals surface area contributed by atoms with Gasteiger partial charge in [-0.25, -0.2) is 9.97 Å². The Balaban J connectivity index is 1.18. The second-order valence-corrected chi connectivity index (χ2v) is 13.8. The van der Waals surface area contributed by atoms with Crippen molar-refractivity contribution in [1.29, 1.82) is 0 Å². The molecule has 3 nitrogen and oxygen atoms in total. The van der Waals surface area contributed by atoms with Gasteiger partial charge in [0.05, 0.1) is 11.4 Å². The Bertz CT molecular complexity index is 2950. The summed E-state index contributed by atoms with van der Waals surface area (Å²) in [5.74, 6) is 0.674. The molecular weight excluding hydrogens is 669 g/mol. The van der Waals surface area contributed by atoms with Gasteiger partial charge < -0.3 is 4.42 Å². The van der Waals surface area contributed by atoms with E-state index in [1.807, 2.05) is 24.3 Å². The average Bonchev–Trinajstić information content (AvgIpc) is 3.66. The highest BCUT2D eigenvalue weighted by Crippen LogP contribution is 2.40. The van der Waals surface area contributed by atoms with Crippen LogP contribution in [0.4, 0.5) is 0 Å². The van der Waals surface area contributed by atoms with Gasteiger partial charge >= 0.3 is 0 Å². The van der Waals surface area contributed by atoms with Crippen LogP contribution in [0.25, 0.3) is 100 Å². The van der Waals surface area contributed by atoms with Crippen molar-refractivity contribution in [3.05, 3.63) is 206 Å². The highest BCUT2D eigenvalue weighted by Gasteiger charge is 2.17. The molecule has 0 N–H and O–H groups in total. The summed E-state index contributed by atoms with van der Waals surface area (Å²) in [5.41, 5.74) is 15.4. The van der Waals surface area contributed by atoms with Gasteiger partial charge in [-0.1, -0.05) is 170 Å². The van der Waals surface area contributed by atoms with Gasteiger partial charge in [0.25, 0.3) is 0 Å². The van der Waals surface area contributed by atoms with Crippen LogP contribution in [0.15, 0.2) is 211 Å². The number of nitrogens with zero attached hydrogens (tertiary/aromatic N) is 2. The standard InChI is InChI=1S/C52H34N2O/c1-4-14-35(15-5-1)37-26-28-39(29-27-37)52-53-48(38-18-8-3-9-19-38)34-49(54-52)44-32-42(41-21-12-20-40(30-41)36-16-6-2-7-17-36)31-43(33-44)45-23-13-24-47-46-22-10-11-25-50(46)55-51(45)47/h1-34H. The largest absolute Gasteiger partial charge is 0.455 e. The molecule has 0 unspecified atom stereocenters. The van der Waals surface area contributed by atoms with Gasteiger partial charge in [-0.05, 0) is 75.3 Å². The molecule has 0 aliphatic rings. The van der Waals surface area contributed by atoms with Crippen LogP contribution in [0, 0.1) is 0 Å². The van der Waals surface area contributed by atoms with Crippen LogP contribution >= 0.6 is 0 Å². The second-order valence-electron chi connectivity index (χ2n) is 13.8. The van der Waals surface area contributed by atoms with E-state index in [-0.39, 0.29) is 0 Å². The number of aromatic nitrogens is 2. The molecule has 0 amide bonds. The molecule has 0 spiro atoms. The van der Waals surface area contributed by atoms with Crippen LogP contribution in [0.2, 0.25) is 0 Å². The number of benzene rings is 8. The Morgan fingerprint density at radius 3 is 1.49 bits per heavy atom. The lowest BCUT2D eigenvalue weighted by molar-refractivity contribution is 0.670. The molecule has 0 radical (unpaired) electrons. The van der Waals surface area contributed by atoms with Gasteiger partial charge in [-0.3, -0.25) is 0 Å². The third-order valence-electron chi connectivity index (χ3n) is 10.3. The summed E-state index contributed by atoms with van der Waals surface area (Å²) in [4.78, 5) is 10.4. The summed E-state index contributed by atoms with van der Waals surface area (Å²) in [6.07, 6.45) is 0. The van der Waals surface area contributed by atoms with Crippen LogP contribution in [0.3, 0.4) is 0 Å². The average molecular weight is 703 g/mol. The maximum Gasteiger partial charge on any atom is 0.160 e. The highest BCUT2D eigenvalue weighted by atomic mass is 16.3. The zero-order valence-corrected chi connectivity index (χ0v) is 29.9. The zero-order valence-electron chi connectivity index (χ0n) is 29.9. The lowest BCUT2D eigenvalue weighted by Gasteiger charge is -2.14. The fraction of sp³-hybridized carbons (Fsp3) is 0. The van der Waals surface area contributed by atoms with Crippen LogP contribution in [0.5, 0.6) is 0 Å². The smallest absolute Gasteiger partial charge is 0.160 e. The van der Waals surface area contributed by atoms with Crippen LogP contribution < -0.4 is 0 Å². The van der Waals surface area contributed by atoms with Crippen LogP contribution in [0.1, 0.15) is 0 Å². The van der Waals surface area contributed by atoms with Crippen molar-refractivity contribution in [2.75, 3.05) is 0 Å². The predicted octanol–water partition coefficient (Wildman–Crippen LogP) is 14.0. The van der Waals surface area contributed by atoms with Crippen molar-refractivity contribution < 1.29 is 4.42 Å². The molecule has 258 valence electrons. The quantitative estimate of drug-likeness (QED) is 0.166. The summed E-state index contributed by atoms with van der Waals surface area (Å²) < 4.78 is 6.58. The molecule has 0 saturated carbocycles. The van der Waals surface area contributed by atoms with Gasteiger partial charge in [0.15, 0.2) is 5.82 Å². The normalized spacial score (nSPS) is 11.3. The molecule has 0 saturated heterocycles. The van der Waals surface area contributed by atoms with E-state index in [0.717, 1.165) is 77.8 Å². The molecule has 0 bridgehead atoms. The van der Waals surface area contributed by atoms with Crippen LogP contribution in [-0.2, 0) is 0 Å². The zero-order chi connectivity index (χ0) is 36.6. The Hall–Kier alpha value is -7.36. The Kier molecular flexibility index (Phi) is 8.16. The Labute approximate surface area is 319 Å². The molecule has 8 aromatic carbocycles. The number of para-hydroxylation sites is 2. The highest BCUT2D eigenvalue weighted by molar-refractivity contribution is 6.09. The fourth-order valence-corrected chi connectivity index (χ4v) is 7.50. The number of rotatable bonds is 7. The van der Waals surface area contributed by atoms with Gasteiger partial charge in [0.1, 0.15) is 11.2 Å². The van der Waals surface area contributed by atoms with E-state index < -0.39 is 0 Å². The monoisotopic (exact) mass is 702 g/mol. The van der Waals surface area contributed by atoms with Crippen molar-refractivity contribution in [2.24, 2.45) is 0 Å². The SMILES string of the molecule is c1ccc(-c2ccc(-c3nc(-c4ccccc4)cc(-c4cc(-c5cccc(-c6ccccc6)c5)cc(-c5cccc6c5oc5ccccc56)c4)n3)cc2)cc1. The first-order valence-electron chi connectivity index (χ1n) is 18.6. The minimum Gasteiger partial charge on any atom is -0.455 e. The molecule has 2 heterocycles. The molecule has 0 fully saturated rings. The second kappa shape index (κ2) is 13.9. The van der Waals surface area contributed by atoms with Crippen molar-refractivity contribution in [3.63, 3.8) is 0 Å². The van der Waals surface area contributed by atoms with Crippen molar-refractivity contribution in [1.82, 2.24) is 9.97 Å². The molecule has 55 heavy (non-hydrogen) atoms. The maximum absolute atomic E-state index is 6.58. The van der Waals surface area contributed by atoms with Gasteiger partial charge in [0, 0.05) is 33.0 Å². The molecule has 10 rings (SSSR count). The number of hydrogen-bond acceptors (Lipinski definition) is 3. The topological polar surface area (TPSA) is 38.9 Å². The van der Waals surface area contributed by atoms with E-state index >= 15 is 0 Å². The lowest BCUT2D eigenvalue weighted by Crippen LogP contribution is -1.97. The van der Waals surface area contributed by atoms with Gasteiger partial charge in [-0.15, -0.1) is 0 Å². The Morgan fingerprint density at radius 2 is 0.764 bits per heavy atom. The van der Waals surface area contributed by atoms with E-state index in [1.165, 1.54) is 16.7 Å². The van der Waals surface area contributed by atoms with Crippen molar-refractivity contribution >= 4 is 21.9 Å². The molecule has 0 atom stereocenters. The summed E-state index contributed by atoms with van der Waals surface area (Å²) in [7, 11) is 0. The minimum atomic E-state index is 0.674. The predicted molar refractivity (Wildman–Crippen MR) is 227 cm³/mol. The molecular formula is C52H34N2O. The lowest BCUT2D eigenvalue weighted by atomic mass is 9.92. The maximum atomic E-state index is 6.58. The summed E-state index contributed by atoms with van der Waals surface area (Å²) in [5, 5.41) is 2.21.